The zero-order chi connectivity index (χ0) is 22.0. The van der Waals surface area contributed by atoms with Crippen LogP contribution in [0.15, 0.2) is 29.2 Å². The molecule has 0 aliphatic heterocycles. The summed E-state index contributed by atoms with van der Waals surface area (Å²) in [5, 5.41) is 0. The number of rotatable bonds is 3. The van der Waals surface area contributed by atoms with Crippen molar-refractivity contribution in [3.05, 3.63) is 29.8 Å². The zero-order valence-electron chi connectivity index (χ0n) is 19.1. The third kappa shape index (κ3) is 3.42. The smallest absolute Gasteiger partial charge is 0.297 e. The van der Waals surface area contributed by atoms with Gasteiger partial charge in [0.05, 0.1) is 11.0 Å². The lowest BCUT2D eigenvalue weighted by molar-refractivity contribution is -0.140. The highest BCUT2D eigenvalue weighted by atomic mass is 32.2. The van der Waals surface area contributed by atoms with E-state index in [9.17, 15) is 13.2 Å². The summed E-state index contributed by atoms with van der Waals surface area (Å²) in [7, 11) is -3.75. The van der Waals surface area contributed by atoms with E-state index in [-0.39, 0.29) is 21.8 Å². The second kappa shape index (κ2) is 7.41. The van der Waals surface area contributed by atoms with E-state index in [2.05, 4.69) is 13.8 Å². The van der Waals surface area contributed by atoms with Crippen LogP contribution in [-0.2, 0) is 19.1 Å². The third-order valence-corrected chi connectivity index (χ3v) is 11.3. The number of carbonyl (C=O) groups is 1. The van der Waals surface area contributed by atoms with E-state index in [1.165, 1.54) is 6.42 Å². The Morgan fingerprint density at radius 2 is 1.61 bits per heavy atom. The van der Waals surface area contributed by atoms with Gasteiger partial charge in [0.25, 0.3) is 10.1 Å². The Labute approximate surface area is 187 Å². The first-order valence-electron chi connectivity index (χ1n) is 12.2. The Bertz CT molecular complexity index is 968. The molecular formula is C26H36O4S. The number of fused-ring (bicyclic) bond motifs is 5. The predicted molar refractivity (Wildman–Crippen MR) is 120 cm³/mol. The van der Waals surface area contributed by atoms with Gasteiger partial charge in [0.2, 0.25) is 0 Å². The van der Waals surface area contributed by atoms with Gasteiger partial charge in [-0.2, -0.15) is 8.42 Å². The van der Waals surface area contributed by atoms with E-state index in [4.69, 9.17) is 4.18 Å². The summed E-state index contributed by atoms with van der Waals surface area (Å²) in [6.07, 6.45) is 8.75. The van der Waals surface area contributed by atoms with E-state index < -0.39 is 10.1 Å². The lowest BCUT2D eigenvalue weighted by Crippen LogP contribution is -2.54. The van der Waals surface area contributed by atoms with Crippen LogP contribution in [-0.4, -0.2) is 20.3 Å². The minimum absolute atomic E-state index is 0.0768. The van der Waals surface area contributed by atoms with Crippen LogP contribution < -0.4 is 0 Å². The van der Waals surface area contributed by atoms with Crippen molar-refractivity contribution in [1.29, 1.82) is 0 Å². The summed E-state index contributed by atoms with van der Waals surface area (Å²) in [6.45, 7) is 6.69. The highest BCUT2D eigenvalue weighted by molar-refractivity contribution is 7.86. The second-order valence-corrected chi connectivity index (χ2v) is 12.9. The SMILES string of the molecule is Cc1ccc(S(=O)(=O)O[C@@H]2CC[C@@H]3[C@@H]4CC[C@@H]5CC(=O)CC[C@]5(C)[C@@H]4CC[C@]32C)cc1. The lowest BCUT2D eigenvalue weighted by Gasteiger charge is -2.60. The van der Waals surface area contributed by atoms with Gasteiger partial charge in [0.15, 0.2) is 0 Å². The summed E-state index contributed by atoms with van der Waals surface area (Å²) in [6, 6.07) is 6.97. The average Bonchev–Trinajstić information content (AvgIpc) is 3.04. The van der Waals surface area contributed by atoms with E-state index >= 15 is 0 Å². The van der Waals surface area contributed by atoms with E-state index in [1.807, 2.05) is 19.1 Å². The van der Waals surface area contributed by atoms with Gasteiger partial charge in [0, 0.05) is 12.8 Å². The monoisotopic (exact) mass is 444 g/mol. The molecule has 0 unspecified atom stereocenters. The summed E-state index contributed by atoms with van der Waals surface area (Å²) in [4.78, 5) is 12.4. The summed E-state index contributed by atoms with van der Waals surface area (Å²) >= 11 is 0. The highest BCUT2D eigenvalue weighted by Crippen LogP contribution is 2.66. The van der Waals surface area contributed by atoms with Crippen LogP contribution in [0, 0.1) is 41.4 Å². The Kier molecular flexibility index (Phi) is 5.17. The van der Waals surface area contributed by atoms with Gasteiger partial charge in [-0.1, -0.05) is 31.5 Å². The van der Waals surface area contributed by atoms with Crippen LogP contribution in [0.4, 0.5) is 0 Å². The van der Waals surface area contributed by atoms with Crippen LogP contribution in [0.2, 0.25) is 0 Å². The lowest BCUT2D eigenvalue weighted by atomic mass is 9.45. The van der Waals surface area contributed by atoms with Crippen LogP contribution in [0.5, 0.6) is 0 Å². The molecular weight excluding hydrogens is 408 g/mol. The second-order valence-electron chi connectivity index (χ2n) is 11.4. The van der Waals surface area contributed by atoms with Crippen molar-refractivity contribution in [2.75, 3.05) is 0 Å². The molecule has 0 bridgehead atoms. The Balaban J connectivity index is 1.37. The number of Topliss-reactive ketones (excluding diaryl/α,β-unsaturated/α-hetero) is 1. The summed E-state index contributed by atoms with van der Waals surface area (Å²) < 4.78 is 32.0. The molecule has 4 saturated carbocycles. The van der Waals surface area contributed by atoms with Gasteiger partial charge in [-0.25, -0.2) is 0 Å². The summed E-state index contributed by atoms with van der Waals surface area (Å²) in [5.41, 5.74) is 1.25. The molecule has 5 rings (SSSR count). The minimum atomic E-state index is -3.75. The molecule has 31 heavy (non-hydrogen) atoms. The minimum Gasteiger partial charge on any atom is -0.300 e. The molecule has 0 radical (unpaired) electrons. The van der Waals surface area contributed by atoms with Crippen molar-refractivity contribution < 1.29 is 17.4 Å². The van der Waals surface area contributed by atoms with Gasteiger partial charge in [0.1, 0.15) is 5.78 Å². The van der Waals surface area contributed by atoms with Crippen molar-refractivity contribution in [2.45, 2.75) is 89.6 Å². The number of ketones is 1. The zero-order valence-corrected chi connectivity index (χ0v) is 19.9. The van der Waals surface area contributed by atoms with Gasteiger partial charge in [-0.3, -0.25) is 8.98 Å². The molecule has 0 spiro atoms. The topological polar surface area (TPSA) is 60.4 Å². The predicted octanol–water partition coefficient (Wildman–Crippen LogP) is 5.68. The standard InChI is InChI=1S/C26H36O4S/c1-17-4-7-20(8-5-17)31(28,29)30-24-11-10-22-21-9-6-18-16-19(27)12-14-25(18,2)23(21)13-15-26(22,24)3/h4-5,7-8,18,21-24H,6,9-16H2,1-3H3/t18-,21+,22-,23-,24-,25+,26-/m1/s1. The highest BCUT2D eigenvalue weighted by Gasteiger charge is 2.61. The van der Waals surface area contributed by atoms with Crippen molar-refractivity contribution in [1.82, 2.24) is 0 Å². The van der Waals surface area contributed by atoms with Gasteiger partial charge >= 0.3 is 0 Å². The molecule has 0 saturated heterocycles. The average molecular weight is 445 g/mol. The Morgan fingerprint density at radius 1 is 0.903 bits per heavy atom. The number of hydrogen-bond acceptors (Lipinski definition) is 4. The van der Waals surface area contributed by atoms with E-state index in [0.29, 0.717) is 29.5 Å². The van der Waals surface area contributed by atoms with Gasteiger partial charge in [-0.05, 0) is 98.5 Å². The fourth-order valence-corrected chi connectivity index (χ4v) is 9.27. The van der Waals surface area contributed by atoms with E-state index in [1.54, 1.807) is 12.1 Å². The van der Waals surface area contributed by atoms with Crippen LogP contribution in [0.3, 0.4) is 0 Å². The maximum Gasteiger partial charge on any atom is 0.297 e. The molecule has 4 aliphatic rings. The van der Waals surface area contributed by atoms with Crippen molar-refractivity contribution in [3.63, 3.8) is 0 Å². The number of benzene rings is 1. The fraction of sp³-hybridized carbons (Fsp3) is 0.731. The molecule has 0 heterocycles. The molecule has 4 aliphatic carbocycles. The maximum atomic E-state index is 13.0. The molecule has 0 aromatic heterocycles. The Morgan fingerprint density at radius 3 is 2.35 bits per heavy atom. The quantitative estimate of drug-likeness (QED) is 0.563. The van der Waals surface area contributed by atoms with Crippen molar-refractivity contribution in [3.8, 4) is 0 Å². The number of carbonyl (C=O) groups excluding carboxylic acids is 1. The van der Waals surface area contributed by atoms with Crippen LogP contribution in [0.25, 0.3) is 0 Å². The fourth-order valence-electron chi connectivity index (χ4n) is 8.07. The van der Waals surface area contributed by atoms with Crippen LogP contribution in [0.1, 0.15) is 77.2 Å². The molecule has 1 aromatic carbocycles. The molecule has 5 heteroatoms. The van der Waals surface area contributed by atoms with Crippen LogP contribution >= 0.6 is 0 Å². The molecule has 4 nitrogen and oxygen atoms in total. The van der Waals surface area contributed by atoms with Gasteiger partial charge in [-0.15, -0.1) is 0 Å². The van der Waals surface area contributed by atoms with Crippen molar-refractivity contribution >= 4 is 15.9 Å². The molecule has 1 aromatic rings. The normalized spacial score (nSPS) is 42.5. The summed E-state index contributed by atoms with van der Waals surface area (Å²) in [5.74, 6) is 2.85. The molecule has 4 fully saturated rings. The van der Waals surface area contributed by atoms with E-state index in [0.717, 1.165) is 56.9 Å². The largest absolute Gasteiger partial charge is 0.300 e. The molecule has 170 valence electrons. The maximum absolute atomic E-state index is 13.0. The first-order valence-corrected chi connectivity index (χ1v) is 13.6. The molecule has 0 N–H and O–H groups in total. The molecule has 7 atom stereocenters. The van der Waals surface area contributed by atoms with Crippen molar-refractivity contribution in [2.24, 2.45) is 34.5 Å². The first-order chi connectivity index (χ1) is 14.6. The number of hydrogen-bond donors (Lipinski definition) is 0. The third-order valence-electron chi connectivity index (χ3n) is 9.95. The first kappa shape index (κ1) is 21.6. The number of aryl methyl sites for hydroxylation is 1. The Hall–Kier alpha value is -1.20. The molecule has 0 amide bonds. The van der Waals surface area contributed by atoms with Gasteiger partial charge < -0.3 is 0 Å².